The topological polar surface area (TPSA) is 29.1 Å². The average Bonchev–Trinajstić information content (AvgIpc) is 2.19. The molecular formula is C12H15NO. The predicted molar refractivity (Wildman–Crippen MR) is 57.7 cm³/mol. The highest BCUT2D eigenvalue weighted by Gasteiger charge is 2.00. The van der Waals surface area contributed by atoms with E-state index in [1.165, 1.54) is 0 Å². The van der Waals surface area contributed by atoms with Crippen molar-refractivity contribution >= 4 is 5.91 Å². The summed E-state index contributed by atoms with van der Waals surface area (Å²) in [6, 6.07) is 9.96. The maximum atomic E-state index is 11.0. The van der Waals surface area contributed by atoms with Gasteiger partial charge in [-0.1, -0.05) is 43.8 Å². The van der Waals surface area contributed by atoms with Gasteiger partial charge in [0.15, 0.2) is 0 Å². The standard InChI is InChI=1S/C12H15NO/c1-3-12(14)13-10(2)9-11-7-5-4-6-8-11/h4-8H,2-3,9H2,1H3,(H,13,14). The molecule has 0 saturated carbocycles. The van der Waals surface area contributed by atoms with Crippen LogP contribution in [0.4, 0.5) is 0 Å². The number of benzene rings is 1. The first kappa shape index (κ1) is 10.5. The van der Waals surface area contributed by atoms with E-state index < -0.39 is 0 Å². The lowest BCUT2D eigenvalue weighted by Gasteiger charge is -2.06. The molecule has 0 fully saturated rings. The first-order valence-corrected chi connectivity index (χ1v) is 4.74. The summed E-state index contributed by atoms with van der Waals surface area (Å²) in [6.07, 6.45) is 1.19. The molecule has 1 aromatic rings. The van der Waals surface area contributed by atoms with Crippen LogP contribution in [0.3, 0.4) is 0 Å². The van der Waals surface area contributed by atoms with Gasteiger partial charge >= 0.3 is 0 Å². The van der Waals surface area contributed by atoms with E-state index in [2.05, 4.69) is 11.9 Å². The van der Waals surface area contributed by atoms with Crippen molar-refractivity contribution in [2.24, 2.45) is 0 Å². The van der Waals surface area contributed by atoms with Gasteiger partial charge in [0.05, 0.1) is 0 Å². The third kappa shape index (κ3) is 3.44. The lowest BCUT2D eigenvalue weighted by Crippen LogP contribution is -2.21. The molecule has 1 amide bonds. The second-order valence-corrected chi connectivity index (χ2v) is 3.17. The van der Waals surface area contributed by atoms with Gasteiger partial charge in [-0.2, -0.15) is 0 Å². The van der Waals surface area contributed by atoms with Crippen molar-refractivity contribution in [2.45, 2.75) is 19.8 Å². The zero-order valence-corrected chi connectivity index (χ0v) is 8.42. The average molecular weight is 189 g/mol. The van der Waals surface area contributed by atoms with E-state index in [4.69, 9.17) is 0 Å². The quantitative estimate of drug-likeness (QED) is 0.773. The van der Waals surface area contributed by atoms with Gasteiger partial charge in [0.1, 0.15) is 0 Å². The number of carbonyl (C=O) groups excluding carboxylic acids is 1. The van der Waals surface area contributed by atoms with Crippen LogP contribution in [0, 0.1) is 0 Å². The maximum Gasteiger partial charge on any atom is 0.223 e. The smallest absolute Gasteiger partial charge is 0.223 e. The zero-order chi connectivity index (χ0) is 10.4. The van der Waals surface area contributed by atoms with Crippen LogP contribution in [0.2, 0.25) is 0 Å². The van der Waals surface area contributed by atoms with Crippen LogP contribution in [0.15, 0.2) is 42.6 Å². The highest BCUT2D eigenvalue weighted by Crippen LogP contribution is 2.03. The molecule has 0 heterocycles. The number of allylic oxidation sites excluding steroid dienone is 1. The lowest BCUT2D eigenvalue weighted by molar-refractivity contribution is -0.120. The van der Waals surface area contributed by atoms with Crippen molar-refractivity contribution in [1.29, 1.82) is 0 Å². The van der Waals surface area contributed by atoms with Gasteiger partial charge in [0.2, 0.25) is 5.91 Å². The monoisotopic (exact) mass is 189 g/mol. The number of hydrogen-bond acceptors (Lipinski definition) is 1. The maximum absolute atomic E-state index is 11.0. The Labute approximate surface area is 84.6 Å². The molecule has 0 aliphatic carbocycles. The SMILES string of the molecule is C=C(Cc1ccccc1)NC(=O)CC. The van der Waals surface area contributed by atoms with Gasteiger partial charge in [0.25, 0.3) is 0 Å². The first-order chi connectivity index (χ1) is 6.72. The van der Waals surface area contributed by atoms with E-state index in [-0.39, 0.29) is 5.91 Å². The summed E-state index contributed by atoms with van der Waals surface area (Å²) in [6.45, 7) is 5.63. The molecule has 2 nitrogen and oxygen atoms in total. The van der Waals surface area contributed by atoms with E-state index in [1.807, 2.05) is 37.3 Å². The molecular weight excluding hydrogens is 174 g/mol. The van der Waals surface area contributed by atoms with Crippen LogP contribution in [0.25, 0.3) is 0 Å². The summed E-state index contributed by atoms with van der Waals surface area (Å²) < 4.78 is 0. The van der Waals surface area contributed by atoms with Crippen LogP contribution in [-0.2, 0) is 11.2 Å². The van der Waals surface area contributed by atoms with Crippen LogP contribution in [0.1, 0.15) is 18.9 Å². The molecule has 74 valence electrons. The molecule has 1 aromatic carbocycles. The molecule has 0 unspecified atom stereocenters. The Bertz CT molecular complexity index is 316. The van der Waals surface area contributed by atoms with Gasteiger partial charge in [-0.05, 0) is 5.56 Å². The summed E-state index contributed by atoms with van der Waals surface area (Å²) in [5.41, 5.74) is 1.91. The number of carbonyl (C=O) groups is 1. The fraction of sp³-hybridized carbons (Fsp3) is 0.250. The Morgan fingerprint density at radius 1 is 1.36 bits per heavy atom. The van der Waals surface area contributed by atoms with E-state index in [9.17, 15) is 4.79 Å². The molecule has 2 heteroatoms. The second-order valence-electron chi connectivity index (χ2n) is 3.17. The molecule has 1 N–H and O–H groups in total. The van der Waals surface area contributed by atoms with Crippen molar-refractivity contribution in [1.82, 2.24) is 5.32 Å². The van der Waals surface area contributed by atoms with Gasteiger partial charge in [0, 0.05) is 18.5 Å². The molecule has 0 saturated heterocycles. The lowest BCUT2D eigenvalue weighted by atomic mass is 10.1. The van der Waals surface area contributed by atoms with Crippen LogP contribution < -0.4 is 5.32 Å². The summed E-state index contributed by atoms with van der Waals surface area (Å²) in [4.78, 5) is 11.0. The van der Waals surface area contributed by atoms with E-state index in [0.717, 1.165) is 11.3 Å². The Morgan fingerprint density at radius 2 is 2.00 bits per heavy atom. The summed E-state index contributed by atoms with van der Waals surface area (Å²) >= 11 is 0. The zero-order valence-electron chi connectivity index (χ0n) is 8.42. The highest BCUT2D eigenvalue weighted by molar-refractivity contribution is 5.77. The Balaban J connectivity index is 2.46. The Morgan fingerprint density at radius 3 is 2.57 bits per heavy atom. The van der Waals surface area contributed by atoms with Crippen molar-refractivity contribution in [3.8, 4) is 0 Å². The van der Waals surface area contributed by atoms with Crippen molar-refractivity contribution in [3.05, 3.63) is 48.2 Å². The van der Waals surface area contributed by atoms with E-state index in [0.29, 0.717) is 12.8 Å². The molecule has 0 bridgehead atoms. The normalized spacial score (nSPS) is 9.50. The Kier molecular flexibility index (Phi) is 3.92. The van der Waals surface area contributed by atoms with Crippen LogP contribution in [-0.4, -0.2) is 5.91 Å². The summed E-state index contributed by atoms with van der Waals surface area (Å²) in [5.74, 6) is 0.0194. The molecule has 0 aromatic heterocycles. The molecule has 0 radical (unpaired) electrons. The molecule has 0 aliphatic heterocycles. The fourth-order valence-corrected chi connectivity index (χ4v) is 1.17. The van der Waals surface area contributed by atoms with E-state index in [1.54, 1.807) is 0 Å². The van der Waals surface area contributed by atoms with Gasteiger partial charge in [-0.25, -0.2) is 0 Å². The minimum Gasteiger partial charge on any atom is -0.330 e. The minimum absolute atomic E-state index is 0.0194. The van der Waals surface area contributed by atoms with Gasteiger partial charge in [-0.3, -0.25) is 4.79 Å². The van der Waals surface area contributed by atoms with Crippen molar-refractivity contribution in [2.75, 3.05) is 0 Å². The summed E-state index contributed by atoms with van der Waals surface area (Å²) in [5, 5.41) is 2.74. The molecule has 1 rings (SSSR count). The largest absolute Gasteiger partial charge is 0.330 e. The van der Waals surface area contributed by atoms with Crippen molar-refractivity contribution in [3.63, 3.8) is 0 Å². The highest BCUT2D eigenvalue weighted by atomic mass is 16.1. The van der Waals surface area contributed by atoms with Crippen LogP contribution in [0.5, 0.6) is 0 Å². The number of amides is 1. The molecule has 0 spiro atoms. The van der Waals surface area contributed by atoms with Crippen molar-refractivity contribution < 1.29 is 4.79 Å². The van der Waals surface area contributed by atoms with Gasteiger partial charge < -0.3 is 5.32 Å². The fourth-order valence-electron chi connectivity index (χ4n) is 1.17. The predicted octanol–water partition coefficient (Wildman–Crippen LogP) is 2.27. The Hall–Kier alpha value is -1.57. The second kappa shape index (κ2) is 5.22. The number of nitrogens with one attached hydrogen (secondary N) is 1. The van der Waals surface area contributed by atoms with Gasteiger partial charge in [-0.15, -0.1) is 0 Å². The summed E-state index contributed by atoms with van der Waals surface area (Å²) in [7, 11) is 0. The van der Waals surface area contributed by atoms with E-state index >= 15 is 0 Å². The number of hydrogen-bond donors (Lipinski definition) is 1. The third-order valence-corrected chi connectivity index (χ3v) is 1.90. The molecule has 0 aliphatic rings. The molecule has 0 atom stereocenters. The minimum atomic E-state index is 0.0194. The molecule has 14 heavy (non-hydrogen) atoms. The first-order valence-electron chi connectivity index (χ1n) is 4.74. The number of rotatable bonds is 4. The third-order valence-electron chi connectivity index (χ3n) is 1.90. The van der Waals surface area contributed by atoms with Crippen LogP contribution >= 0.6 is 0 Å².